The topological polar surface area (TPSA) is 44.8 Å². The van der Waals surface area contributed by atoms with Crippen LogP contribution in [0.1, 0.15) is 44.1 Å². The number of hydrogen-bond donors (Lipinski definition) is 1. The van der Waals surface area contributed by atoms with E-state index in [0.717, 1.165) is 56.9 Å². The van der Waals surface area contributed by atoms with E-state index in [9.17, 15) is 4.79 Å². The van der Waals surface area contributed by atoms with Crippen LogP contribution in [0.2, 0.25) is 0 Å². The van der Waals surface area contributed by atoms with Gasteiger partial charge in [0, 0.05) is 30.7 Å². The van der Waals surface area contributed by atoms with Crippen molar-refractivity contribution in [3.8, 4) is 5.75 Å². The number of benzene rings is 1. The Labute approximate surface area is 175 Å². The van der Waals surface area contributed by atoms with Crippen LogP contribution in [0.5, 0.6) is 5.75 Å². The van der Waals surface area contributed by atoms with Crippen LogP contribution < -0.4 is 10.1 Å². The van der Waals surface area contributed by atoms with E-state index in [-0.39, 0.29) is 5.92 Å². The second-order valence-corrected chi connectivity index (χ2v) is 8.79. The van der Waals surface area contributed by atoms with Gasteiger partial charge in [0.15, 0.2) is 0 Å². The third kappa shape index (κ3) is 5.61. The number of piperidine rings is 2. The van der Waals surface area contributed by atoms with Gasteiger partial charge in [-0.05, 0) is 64.2 Å². The van der Waals surface area contributed by atoms with E-state index >= 15 is 0 Å². The molecule has 29 heavy (non-hydrogen) atoms. The smallest absolute Gasteiger partial charge is 0.224 e. The number of ether oxygens (including phenoxy) is 1. The Kier molecular flexibility index (Phi) is 6.88. The molecule has 2 heterocycles. The van der Waals surface area contributed by atoms with Gasteiger partial charge >= 0.3 is 0 Å². The summed E-state index contributed by atoms with van der Waals surface area (Å²) in [5, 5.41) is 3.21. The normalized spacial score (nSPS) is 24.7. The molecule has 4 rings (SSSR count). The number of methoxy groups -OCH3 is 1. The molecule has 0 radical (unpaired) electrons. The third-order valence-corrected chi connectivity index (χ3v) is 6.62. The van der Waals surface area contributed by atoms with Gasteiger partial charge in [-0.25, -0.2) is 0 Å². The minimum atomic E-state index is 0.200. The molecule has 0 aromatic heterocycles. The molecule has 1 N–H and O–H groups in total. The molecule has 158 valence electrons. The first-order valence-corrected chi connectivity index (χ1v) is 11.3. The summed E-state index contributed by atoms with van der Waals surface area (Å²) in [5.74, 6) is 1.43. The first-order chi connectivity index (χ1) is 14.2. The standard InChI is InChI=1S/C24H35N3O2/c1-29-23-9-3-2-6-19(23)7-4-14-26-16-12-22(13-17-26)27-15-5-8-20(18-27)24(28)25-21-10-11-21/h2-4,6-7,9,20-22H,5,8,10-18H2,1H3,(H,25,28)/b7-4+. The number of rotatable bonds is 7. The first kappa shape index (κ1) is 20.4. The average Bonchev–Trinajstić information content (AvgIpc) is 3.59. The zero-order valence-electron chi connectivity index (χ0n) is 17.7. The zero-order valence-corrected chi connectivity index (χ0v) is 17.7. The summed E-state index contributed by atoms with van der Waals surface area (Å²) >= 11 is 0. The summed E-state index contributed by atoms with van der Waals surface area (Å²) in [6, 6.07) is 9.26. The molecule has 1 aliphatic carbocycles. The Hall–Kier alpha value is -1.85. The molecule has 1 amide bonds. The van der Waals surface area contributed by atoms with Crippen molar-refractivity contribution in [2.45, 2.75) is 50.6 Å². The maximum Gasteiger partial charge on any atom is 0.224 e. The fraction of sp³-hybridized carbons (Fsp3) is 0.625. The van der Waals surface area contributed by atoms with Crippen LogP contribution in [0.3, 0.4) is 0 Å². The summed E-state index contributed by atoms with van der Waals surface area (Å²) in [4.78, 5) is 17.6. The van der Waals surface area contributed by atoms with Crippen molar-refractivity contribution >= 4 is 12.0 Å². The monoisotopic (exact) mass is 397 g/mol. The van der Waals surface area contributed by atoms with Crippen molar-refractivity contribution in [2.24, 2.45) is 5.92 Å². The molecule has 1 atom stereocenters. The molecule has 3 fully saturated rings. The Bertz CT molecular complexity index is 708. The van der Waals surface area contributed by atoms with E-state index in [2.05, 4.69) is 33.3 Å². The molecule has 1 aromatic rings. The van der Waals surface area contributed by atoms with Crippen LogP contribution >= 0.6 is 0 Å². The highest BCUT2D eigenvalue weighted by molar-refractivity contribution is 5.79. The van der Waals surface area contributed by atoms with E-state index in [1.807, 2.05) is 18.2 Å². The van der Waals surface area contributed by atoms with Crippen LogP contribution in [-0.4, -0.2) is 67.6 Å². The summed E-state index contributed by atoms with van der Waals surface area (Å²) < 4.78 is 5.42. The lowest BCUT2D eigenvalue weighted by Crippen LogP contribution is -2.51. The lowest BCUT2D eigenvalue weighted by molar-refractivity contribution is -0.127. The molecular weight excluding hydrogens is 362 g/mol. The SMILES string of the molecule is COc1ccccc1/C=C/CN1CCC(N2CCCC(C(=O)NC3CC3)C2)CC1. The second-order valence-electron chi connectivity index (χ2n) is 8.79. The lowest BCUT2D eigenvalue weighted by atomic mass is 9.93. The van der Waals surface area contributed by atoms with Crippen molar-refractivity contribution in [2.75, 3.05) is 39.8 Å². The van der Waals surface area contributed by atoms with Crippen molar-refractivity contribution in [1.29, 1.82) is 0 Å². The second kappa shape index (κ2) is 9.77. The molecule has 3 aliphatic rings. The Morgan fingerprint density at radius 3 is 2.69 bits per heavy atom. The number of carbonyl (C=O) groups excluding carboxylic acids is 1. The Morgan fingerprint density at radius 2 is 1.93 bits per heavy atom. The molecule has 1 saturated carbocycles. The van der Waals surface area contributed by atoms with Crippen LogP contribution in [0.15, 0.2) is 30.3 Å². The molecular formula is C24H35N3O2. The van der Waals surface area contributed by atoms with E-state index in [0.29, 0.717) is 18.0 Å². The molecule has 0 spiro atoms. The Balaban J connectivity index is 1.21. The number of amides is 1. The largest absolute Gasteiger partial charge is 0.496 e. The minimum Gasteiger partial charge on any atom is -0.496 e. The molecule has 1 unspecified atom stereocenters. The molecule has 5 nitrogen and oxygen atoms in total. The maximum absolute atomic E-state index is 12.4. The van der Waals surface area contributed by atoms with E-state index < -0.39 is 0 Å². The lowest BCUT2D eigenvalue weighted by Gasteiger charge is -2.41. The van der Waals surface area contributed by atoms with Crippen LogP contribution in [0.4, 0.5) is 0 Å². The van der Waals surface area contributed by atoms with Gasteiger partial charge in [0.1, 0.15) is 5.75 Å². The van der Waals surface area contributed by atoms with Crippen LogP contribution in [0.25, 0.3) is 6.08 Å². The number of likely N-dealkylation sites (tertiary alicyclic amines) is 2. The quantitative estimate of drug-likeness (QED) is 0.768. The van der Waals surface area contributed by atoms with Gasteiger partial charge < -0.3 is 10.1 Å². The predicted molar refractivity (Wildman–Crippen MR) is 117 cm³/mol. The molecule has 5 heteroatoms. The number of carbonyl (C=O) groups is 1. The molecule has 2 aliphatic heterocycles. The van der Waals surface area contributed by atoms with Gasteiger partial charge in [-0.2, -0.15) is 0 Å². The van der Waals surface area contributed by atoms with Gasteiger partial charge in [-0.15, -0.1) is 0 Å². The van der Waals surface area contributed by atoms with Gasteiger partial charge in [-0.1, -0.05) is 30.4 Å². The fourth-order valence-corrected chi connectivity index (χ4v) is 4.70. The highest BCUT2D eigenvalue weighted by Gasteiger charge is 2.33. The fourth-order valence-electron chi connectivity index (χ4n) is 4.70. The highest BCUT2D eigenvalue weighted by Crippen LogP contribution is 2.26. The third-order valence-electron chi connectivity index (χ3n) is 6.62. The van der Waals surface area contributed by atoms with Gasteiger partial charge in [0.2, 0.25) is 5.91 Å². The van der Waals surface area contributed by atoms with Crippen molar-refractivity contribution in [3.05, 3.63) is 35.9 Å². The zero-order chi connectivity index (χ0) is 20.1. The summed E-state index contributed by atoms with van der Waals surface area (Å²) in [7, 11) is 1.72. The molecule has 0 bridgehead atoms. The Morgan fingerprint density at radius 1 is 1.14 bits per heavy atom. The maximum atomic E-state index is 12.4. The number of nitrogens with one attached hydrogen (secondary N) is 1. The van der Waals surface area contributed by atoms with Crippen LogP contribution in [-0.2, 0) is 4.79 Å². The van der Waals surface area contributed by atoms with Gasteiger partial charge in [0.25, 0.3) is 0 Å². The number of para-hydroxylation sites is 1. The average molecular weight is 398 g/mol. The predicted octanol–water partition coefficient (Wildman–Crippen LogP) is 3.16. The molecule has 1 aromatic carbocycles. The summed E-state index contributed by atoms with van der Waals surface area (Å²) in [6.45, 7) is 5.37. The minimum absolute atomic E-state index is 0.200. The van der Waals surface area contributed by atoms with E-state index in [1.54, 1.807) is 7.11 Å². The van der Waals surface area contributed by atoms with Crippen molar-refractivity contribution < 1.29 is 9.53 Å². The van der Waals surface area contributed by atoms with Gasteiger partial charge in [-0.3, -0.25) is 14.6 Å². The van der Waals surface area contributed by atoms with Crippen molar-refractivity contribution in [1.82, 2.24) is 15.1 Å². The van der Waals surface area contributed by atoms with Crippen molar-refractivity contribution in [3.63, 3.8) is 0 Å². The summed E-state index contributed by atoms with van der Waals surface area (Å²) in [5.41, 5.74) is 1.13. The number of nitrogens with zero attached hydrogens (tertiary/aromatic N) is 2. The van der Waals surface area contributed by atoms with E-state index in [1.165, 1.54) is 25.7 Å². The van der Waals surface area contributed by atoms with Crippen LogP contribution in [0, 0.1) is 5.92 Å². The molecule has 2 saturated heterocycles. The highest BCUT2D eigenvalue weighted by atomic mass is 16.5. The first-order valence-electron chi connectivity index (χ1n) is 11.3. The summed E-state index contributed by atoms with van der Waals surface area (Å²) in [6.07, 6.45) is 11.4. The number of hydrogen-bond acceptors (Lipinski definition) is 4. The van der Waals surface area contributed by atoms with Gasteiger partial charge in [0.05, 0.1) is 13.0 Å². The van der Waals surface area contributed by atoms with E-state index in [4.69, 9.17) is 4.74 Å².